The summed E-state index contributed by atoms with van der Waals surface area (Å²) in [6.07, 6.45) is 5.25. The number of rotatable bonds is 5. The molecule has 3 fully saturated rings. The first-order chi connectivity index (χ1) is 10.2. The van der Waals surface area contributed by atoms with E-state index in [1.807, 2.05) is 0 Å². The first-order valence-corrected chi connectivity index (χ1v) is 8.99. The summed E-state index contributed by atoms with van der Waals surface area (Å²) in [5.74, 6) is 0. The van der Waals surface area contributed by atoms with Gasteiger partial charge >= 0.3 is 0 Å². The smallest absolute Gasteiger partial charge is 0.0472 e. The summed E-state index contributed by atoms with van der Waals surface area (Å²) in [6.45, 7) is 13.9. The molecule has 0 bridgehead atoms. The Bertz CT molecular complexity index is 330. The van der Waals surface area contributed by atoms with Gasteiger partial charge in [-0.05, 0) is 51.1 Å². The van der Waals surface area contributed by atoms with E-state index in [0.717, 1.165) is 32.3 Å². The van der Waals surface area contributed by atoms with E-state index in [1.54, 1.807) is 0 Å². The lowest BCUT2D eigenvalue weighted by molar-refractivity contribution is -0.0301. The molecular formula is C17H33N3O. The summed E-state index contributed by atoms with van der Waals surface area (Å²) >= 11 is 0. The number of fused-ring (bicyclic) bond motifs is 1. The maximum Gasteiger partial charge on any atom is 0.0472 e. The van der Waals surface area contributed by atoms with Crippen LogP contribution in [0.15, 0.2) is 0 Å². The van der Waals surface area contributed by atoms with Crippen molar-refractivity contribution in [3.05, 3.63) is 0 Å². The third kappa shape index (κ3) is 3.61. The van der Waals surface area contributed by atoms with Gasteiger partial charge in [0.1, 0.15) is 0 Å². The predicted octanol–water partition coefficient (Wildman–Crippen LogP) is 1.56. The second-order valence-corrected chi connectivity index (χ2v) is 7.46. The maximum absolute atomic E-state index is 5.64. The molecule has 4 nitrogen and oxygen atoms in total. The Morgan fingerprint density at radius 2 is 2.05 bits per heavy atom. The van der Waals surface area contributed by atoms with Crippen LogP contribution in [-0.2, 0) is 4.74 Å². The van der Waals surface area contributed by atoms with Gasteiger partial charge in [0.15, 0.2) is 0 Å². The van der Waals surface area contributed by atoms with E-state index in [1.165, 1.54) is 51.9 Å². The van der Waals surface area contributed by atoms with Gasteiger partial charge < -0.3 is 10.1 Å². The van der Waals surface area contributed by atoms with E-state index < -0.39 is 0 Å². The zero-order chi connectivity index (χ0) is 14.7. The van der Waals surface area contributed by atoms with Gasteiger partial charge in [-0.1, -0.05) is 6.92 Å². The Hall–Kier alpha value is -0.160. The molecule has 0 spiro atoms. The molecule has 1 N–H and O–H groups in total. The third-order valence-electron chi connectivity index (χ3n) is 5.91. The van der Waals surface area contributed by atoms with Gasteiger partial charge in [0.05, 0.1) is 0 Å². The summed E-state index contributed by atoms with van der Waals surface area (Å²) in [4.78, 5) is 5.51. The average Bonchev–Trinajstić information content (AvgIpc) is 2.94. The zero-order valence-electron chi connectivity index (χ0n) is 13.9. The third-order valence-corrected chi connectivity index (χ3v) is 5.91. The Kier molecular flexibility index (Phi) is 5.20. The molecule has 3 rings (SSSR count). The van der Waals surface area contributed by atoms with Gasteiger partial charge in [0, 0.05) is 51.5 Å². The SMILES string of the molecule is CCNCC1(CN2CC3CCCN3CC2C)CCOCC1. The van der Waals surface area contributed by atoms with Crippen molar-refractivity contribution in [2.45, 2.75) is 51.6 Å². The summed E-state index contributed by atoms with van der Waals surface area (Å²) in [5, 5.41) is 3.62. The van der Waals surface area contributed by atoms with Crippen molar-refractivity contribution in [1.29, 1.82) is 0 Å². The quantitative estimate of drug-likeness (QED) is 0.833. The van der Waals surface area contributed by atoms with Crippen molar-refractivity contribution in [1.82, 2.24) is 15.1 Å². The number of piperazine rings is 1. The molecule has 3 aliphatic heterocycles. The van der Waals surface area contributed by atoms with Crippen LogP contribution in [0.3, 0.4) is 0 Å². The number of nitrogens with one attached hydrogen (secondary N) is 1. The van der Waals surface area contributed by atoms with E-state index in [4.69, 9.17) is 4.74 Å². The Balaban J connectivity index is 1.63. The molecule has 0 saturated carbocycles. The molecule has 2 atom stereocenters. The van der Waals surface area contributed by atoms with Crippen LogP contribution in [0.4, 0.5) is 0 Å². The largest absolute Gasteiger partial charge is 0.381 e. The van der Waals surface area contributed by atoms with Crippen molar-refractivity contribution >= 4 is 0 Å². The molecule has 0 aliphatic carbocycles. The monoisotopic (exact) mass is 295 g/mol. The molecule has 0 amide bonds. The molecule has 3 aliphatic rings. The highest BCUT2D eigenvalue weighted by Gasteiger charge is 2.40. The number of ether oxygens (including phenoxy) is 1. The average molecular weight is 295 g/mol. The van der Waals surface area contributed by atoms with Crippen LogP contribution < -0.4 is 5.32 Å². The van der Waals surface area contributed by atoms with E-state index in [2.05, 4.69) is 29.0 Å². The topological polar surface area (TPSA) is 27.7 Å². The van der Waals surface area contributed by atoms with Crippen molar-refractivity contribution in [3.63, 3.8) is 0 Å². The lowest BCUT2D eigenvalue weighted by atomic mass is 9.79. The summed E-state index contributed by atoms with van der Waals surface area (Å²) in [7, 11) is 0. The molecule has 0 aromatic heterocycles. The Labute approximate surface area is 130 Å². The molecular weight excluding hydrogens is 262 g/mol. The lowest BCUT2D eigenvalue weighted by Gasteiger charge is -2.48. The molecule has 21 heavy (non-hydrogen) atoms. The molecule has 3 heterocycles. The van der Waals surface area contributed by atoms with Crippen LogP contribution in [0.1, 0.15) is 39.5 Å². The first kappa shape index (κ1) is 15.7. The molecule has 0 radical (unpaired) electrons. The van der Waals surface area contributed by atoms with Crippen molar-refractivity contribution in [3.8, 4) is 0 Å². The molecule has 0 aromatic rings. The fourth-order valence-corrected chi connectivity index (χ4v) is 4.48. The van der Waals surface area contributed by atoms with Crippen LogP contribution in [0, 0.1) is 5.41 Å². The highest BCUT2D eigenvalue weighted by atomic mass is 16.5. The summed E-state index contributed by atoms with van der Waals surface area (Å²) in [6, 6.07) is 1.54. The van der Waals surface area contributed by atoms with Gasteiger partial charge in [-0.3, -0.25) is 9.80 Å². The molecule has 4 heteroatoms. The summed E-state index contributed by atoms with van der Waals surface area (Å²) in [5.41, 5.74) is 0.434. The predicted molar refractivity (Wildman–Crippen MR) is 86.7 cm³/mol. The van der Waals surface area contributed by atoms with Crippen LogP contribution in [0.25, 0.3) is 0 Å². The minimum atomic E-state index is 0.434. The van der Waals surface area contributed by atoms with Crippen molar-refractivity contribution in [2.75, 3.05) is 52.5 Å². The fraction of sp³-hybridized carbons (Fsp3) is 1.00. The van der Waals surface area contributed by atoms with Crippen molar-refractivity contribution < 1.29 is 4.74 Å². The maximum atomic E-state index is 5.64. The lowest BCUT2D eigenvalue weighted by Crippen LogP contribution is -2.58. The number of hydrogen-bond acceptors (Lipinski definition) is 4. The number of nitrogens with zero attached hydrogens (tertiary/aromatic N) is 2. The van der Waals surface area contributed by atoms with Gasteiger partial charge in [0.2, 0.25) is 0 Å². The van der Waals surface area contributed by atoms with E-state index in [0.29, 0.717) is 11.5 Å². The van der Waals surface area contributed by atoms with Gasteiger partial charge in [-0.15, -0.1) is 0 Å². The molecule has 122 valence electrons. The van der Waals surface area contributed by atoms with Gasteiger partial charge in [-0.2, -0.15) is 0 Å². The minimum absolute atomic E-state index is 0.434. The fourth-order valence-electron chi connectivity index (χ4n) is 4.48. The Morgan fingerprint density at radius 1 is 1.24 bits per heavy atom. The minimum Gasteiger partial charge on any atom is -0.381 e. The zero-order valence-corrected chi connectivity index (χ0v) is 13.9. The van der Waals surface area contributed by atoms with E-state index >= 15 is 0 Å². The van der Waals surface area contributed by atoms with Crippen molar-refractivity contribution in [2.24, 2.45) is 5.41 Å². The second kappa shape index (κ2) is 6.95. The highest BCUT2D eigenvalue weighted by Crippen LogP contribution is 2.34. The number of hydrogen-bond donors (Lipinski definition) is 1. The van der Waals surface area contributed by atoms with Gasteiger partial charge in [0.25, 0.3) is 0 Å². The van der Waals surface area contributed by atoms with Crippen LogP contribution in [0.2, 0.25) is 0 Å². The Morgan fingerprint density at radius 3 is 2.81 bits per heavy atom. The van der Waals surface area contributed by atoms with Crippen LogP contribution >= 0.6 is 0 Å². The van der Waals surface area contributed by atoms with Crippen LogP contribution in [0.5, 0.6) is 0 Å². The van der Waals surface area contributed by atoms with E-state index in [9.17, 15) is 0 Å². The second-order valence-electron chi connectivity index (χ2n) is 7.46. The normalized spacial score (nSPS) is 34.0. The summed E-state index contributed by atoms with van der Waals surface area (Å²) < 4.78 is 5.64. The molecule has 0 aromatic carbocycles. The standard InChI is InChI=1S/C17H33N3O/c1-3-18-13-17(6-9-21-10-7-17)14-20-12-16-5-4-8-19(16)11-15(20)2/h15-16,18H,3-14H2,1-2H3. The van der Waals surface area contributed by atoms with E-state index in [-0.39, 0.29) is 0 Å². The van der Waals surface area contributed by atoms with Crippen LogP contribution in [-0.4, -0.2) is 74.4 Å². The highest BCUT2D eigenvalue weighted by molar-refractivity contribution is 4.95. The first-order valence-electron chi connectivity index (χ1n) is 8.99. The molecule has 2 unspecified atom stereocenters. The molecule has 3 saturated heterocycles. The van der Waals surface area contributed by atoms with Gasteiger partial charge in [-0.25, -0.2) is 0 Å².